The molecule has 3 aliphatic rings. The second-order valence-corrected chi connectivity index (χ2v) is 8.93. The third-order valence-electron chi connectivity index (χ3n) is 6.84. The van der Waals surface area contributed by atoms with Gasteiger partial charge in [-0.25, -0.2) is 4.90 Å². The van der Waals surface area contributed by atoms with E-state index in [9.17, 15) is 19.7 Å². The maximum Gasteiger partial charge on any atom is 0.294 e. The quantitative estimate of drug-likeness (QED) is 0.344. The molecule has 1 aromatic rings. The third-order valence-corrected chi connectivity index (χ3v) is 6.84. The maximum atomic E-state index is 12.9. The number of nitro groups is 1. The number of anilines is 2. The summed E-state index contributed by atoms with van der Waals surface area (Å²) in [5, 5.41) is 15.1. The van der Waals surface area contributed by atoms with Gasteiger partial charge < -0.3 is 5.32 Å². The highest BCUT2D eigenvalue weighted by Crippen LogP contribution is 2.43. The van der Waals surface area contributed by atoms with Gasteiger partial charge in [0.25, 0.3) is 5.69 Å². The number of amides is 2. The van der Waals surface area contributed by atoms with Crippen LogP contribution in [0.4, 0.5) is 17.1 Å². The summed E-state index contributed by atoms with van der Waals surface area (Å²) >= 11 is 0. The first kappa shape index (κ1) is 19.9. The Hall–Kier alpha value is -2.44. The molecule has 0 radical (unpaired) electrons. The summed E-state index contributed by atoms with van der Waals surface area (Å²) in [4.78, 5) is 38.3. The van der Waals surface area contributed by atoms with Crippen molar-refractivity contribution in [2.45, 2.75) is 70.8 Å². The number of nitro benzene ring substituents is 1. The van der Waals surface area contributed by atoms with Gasteiger partial charge in [-0.15, -0.1) is 0 Å². The Labute approximate surface area is 171 Å². The fraction of sp³-hybridized carbons (Fsp3) is 0.636. The van der Waals surface area contributed by atoms with E-state index in [2.05, 4.69) is 12.2 Å². The van der Waals surface area contributed by atoms with Crippen LogP contribution >= 0.6 is 0 Å². The number of hydrogen-bond donors (Lipinski definition) is 1. The molecule has 1 N–H and O–H groups in total. The molecule has 3 atom stereocenters. The Balaban J connectivity index is 1.60. The average Bonchev–Trinajstić information content (AvgIpc) is 2.86. The summed E-state index contributed by atoms with van der Waals surface area (Å²) in [7, 11) is 0. The van der Waals surface area contributed by atoms with Gasteiger partial charge in [-0.1, -0.05) is 32.6 Å². The van der Waals surface area contributed by atoms with Crippen molar-refractivity contribution in [3.05, 3.63) is 28.3 Å². The molecule has 2 amide bonds. The summed E-state index contributed by atoms with van der Waals surface area (Å²) in [6, 6.07) is 4.93. The highest BCUT2D eigenvalue weighted by Gasteiger charge is 2.50. The first-order valence-corrected chi connectivity index (χ1v) is 10.9. The number of rotatable bonds is 4. The van der Waals surface area contributed by atoms with Gasteiger partial charge in [0.05, 0.1) is 22.4 Å². The number of hydrogen-bond acceptors (Lipinski definition) is 5. The van der Waals surface area contributed by atoms with E-state index < -0.39 is 4.92 Å². The molecule has 156 valence electrons. The van der Waals surface area contributed by atoms with Gasteiger partial charge in [-0.3, -0.25) is 19.7 Å². The minimum atomic E-state index is -0.428. The lowest BCUT2D eigenvalue weighted by atomic mass is 9.76. The van der Waals surface area contributed by atoms with Crippen molar-refractivity contribution in [2.75, 3.05) is 10.2 Å². The second kappa shape index (κ2) is 8.13. The van der Waals surface area contributed by atoms with E-state index in [1.54, 1.807) is 12.1 Å². The minimum Gasteiger partial charge on any atom is -0.377 e. The highest BCUT2D eigenvalue weighted by atomic mass is 16.6. The van der Waals surface area contributed by atoms with Crippen LogP contribution in [0.3, 0.4) is 0 Å². The summed E-state index contributed by atoms with van der Waals surface area (Å²) in [5.41, 5.74) is 0.714. The second-order valence-electron chi connectivity index (χ2n) is 8.93. The molecular weight excluding hydrogens is 370 g/mol. The Morgan fingerprint density at radius 1 is 1.00 bits per heavy atom. The van der Waals surface area contributed by atoms with Crippen LogP contribution < -0.4 is 10.2 Å². The fourth-order valence-corrected chi connectivity index (χ4v) is 5.22. The summed E-state index contributed by atoms with van der Waals surface area (Å²) in [5.74, 6) is -0.542. The Kier molecular flexibility index (Phi) is 5.56. The summed E-state index contributed by atoms with van der Waals surface area (Å²) in [6.45, 7) is 2.11. The van der Waals surface area contributed by atoms with Crippen LogP contribution in [0.15, 0.2) is 18.2 Å². The third kappa shape index (κ3) is 3.87. The zero-order valence-corrected chi connectivity index (χ0v) is 16.9. The zero-order valence-electron chi connectivity index (χ0n) is 16.9. The molecular formula is C22H29N3O4. The van der Waals surface area contributed by atoms with Crippen LogP contribution in [-0.2, 0) is 9.59 Å². The van der Waals surface area contributed by atoms with Crippen LogP contribution in [0, 0.1) is 27.9 Å². The van der Waals surface area contributed by atoms with Crippen molar-refractivity contribution in [2.24, 2.45) is 17.8 Å². The van der Waals surface area contributed by atoms with Crippen molar-refractivity contribution in [3.8, 4) is 0 Å². The molecule has 2 aliphatic carbocycles. The molecule has 2 saturated carbocycles. The smallest absolute Gasteiger partial charge is 0.294 e. The number of carbonyl (C=O) groups excluding carboxylic acids is 2. The van der Waals surface area contributed by atoms with Gasteiger partial charge in [0, 0.05) is 12.1 Å². The van der Waals surface area contributed by atoms with Crippen LogP contribution in [0.2, 0.25) is 0 Å². The summed E-state index contributed by atoms with van der Waals surface area (Å²) < 4.78 is 0. The van der Waals surface area contributed by atoms with E-state index in [-0.39, 0.29) is 35.4 Å². The predicted octanol–water partition coefficient (Wildman–Crippen LogP) is 4.66. The number of nitrogens with zero attached hydrogens (tertiary/aromatic N) is 2. The minimum absolute atomic E-state index is 0.0735. The molecule has 7 heteroatoms. The summed E-state index contributed by atoms with van der Waals surface area (Å²) in [6.07, 6.45) is 9.05. The number of nitrogens with one attached hydrogen (secondary N) is 1. The standard InChI is InChI=1S/C22H29N3O4/c1-14-8-10-17-18(12-14)22(27)24(21(17)26)16-9-11-19(20(13-16)25(28)29)23-15-6-4-2-3-5-7-15/h9,11,13-15,17-18,23H,2-8,10,12H2,1H3/t14-,17-,18+/m1/s1. The maximum absolute atomic E-state index is 12.9. The molecule has 4 rings (SSSR count). The Morgan fingerprint density at radius 3 is 2.38 bits per heavy atom. The van der Waals surface area contributed by atoms with E-state index in [0.717, 1.165) is 44.9 Å². The van der Waals surface area contributed by atoms with Gasteiger partial charge in [-0.05, 0) is 50.2 Å². The molecule has 7 nitrogen and oxygen atoms in total. The largest absolute Gasteiger partial charge is 0.377 e. The molecule has 0 spiro atoms. The lowest BCUT2D eigenvalue weighted by Crippen LogP contribution is -2.31. The van der Waals surface area contributed by atoms with Gasteiger partial charge in [-0.2, -0.15) is 0 Å². The number of imide groups is 1. The Morgan fingerprint density at radius 2 is 1.69 bits per heavy atom. The van der Waals surface area contributed by atoms with Crippen molar-refractivity contribution >= 4 is 28.9 Å². The lowest BCUT2D eigenvalue weighted by Gasteiger charge is -2.25. The van der Waals surface area contributed by atoms with E-state index in [4.69, 9.17) is 0 Å². The van der Waals surface area contributed by atoms with Crippen molar-refractivity contribution in [1.82, 2.24) is 0 Å². The topological polar surface area (TPSA) is 92.6 Å². The fourth-order valence-electron chi connectivity index (χ4n) is 5.22. The Bertz CT molecular complexity index is 816. The van der Waals surface area contributed by atoms with Gasteiger partial charge in [0.15, 0.2) is 0 Å². The molecule has 3 fully saturated rings. The van der Waals surface area contributed by atoms with Crippen LogP contribution in [0.25, 0.3) is 0 Å². The number of carbonyl (C=O) groups is 2. The van der Waals surface area contributed by atoms with E-state index >= 15 is 0 Å². The normalized spacial score (nSPS) is 28.2. The molecule has 1 heterocycles. The molecule has 29 heavy (non-hydrogen) atoms. The average molecular weight is 399 g/mol. The van der Waals surface area contributed by atoms with Crippen molar-refractivity contribution < 1.29 is 14.5 Å². The van der Waals surface area contributed by atoms with Crippen molar-refractivity contribution in [1.29, 1.82) is 0 Å². The SMILES string of the molecule is C[C@@H]1CC[C@H]2C(=O)N(c3ccc(NC4CCCCCC4)c([N+](=O)[O-])c3)C(=O)[C@H]2C1. The molecule has 1 saturated heterocycles. The van der Waals surface area contributed by atoms with Crippen LogP contribution in [0.1, 0.15) is 64.7 Å². The van der Waals surface area contributed by atoms with Crippen LogP contribution in [0.5, 0.6) is 0 Å². The molecule has 0 bridgehead atoms. The molecule has 0 unspecified atom stereocenters. The first-order valence-electron chi connectivity index (χ1n) is 10.9. The highest BCUT2D eigenvalue weighted by molar-refractivity contribution is 6.22. The lowest BCUT2D eigenvalue weighted by molar-refractivity contribution is -0.383. The van der Waals surface area contributed by atoms with E-state index in [0.29, 0.717) is 17.3 Å². The molecule has 1 aromatic carbocycles. The molecule has 0 aromatic heterocycles. The van der Waals surface area contributed by atoms with Crippen LogP contribution in [-0.4, -0.2) is 22.8 Å². The monoisotopic (exact) mass is 399 g/mol. The first-order chi connectivity index (χ1) is 14.0. The van der Waals surface area contributed by atoms with E-state index in [1.807, 2.05) is 0 Å². The zero-order chi connectivity index (χ0) is 20.5. The molecule has 1 aliphatic heterocycles. The van der Waals surface area contributed by atoms with Gasteiger partial charge in [0.2, 0.25) is 11.8 Å². The van der Waals surface area contributed by atoms with E-state index in [1.165, 1.54) is 23.8 Å². The van der Waals surface area contributed by atoms with Gasteiger partial charge >= 0.3 is 0 Å². The van der Waals surface area contributed by atoms with Gasteiger partial charge in [0.1, 0.15) is 5.69 Å². The number of benzene rings is 1. The van der Waals surface area contributed by atoms with Crippen molar-refractivity contribution in [3.63, 3.8) is 0 Å². The number of fused-ring (bicyclic) bond motifs is 1. The predicted molar refractivity (Wildman–Crippen MR) is 111 cm³/mol.